The van der Waals surface area contributed by atoms with Crippen LogP contribution >= 0.6 is 0 Å². The fourth-order valence-corrected chi connectivity index (χ4v) is 3.60. The van der Waals surface area contributed by atoms with Crippen LogP contribution in [0.5, 0.6) is 5.75 Å². The first-order valence-corrected chi connectivity index (χ1v) is 9.79. The standard InChI is InChI=1S/C25H23FN2O2/c1-17-7-9-18(10-8-17)25(22-15-27-23-6-4-3-5-21(22)23)28(2)24(29)16-30-20-13-11-19(26)12-14-20/h3-15,25,27H,16H2,1-2H3. The van der Waals surface area contributed by atoms with Crippen LogP contribution in [0.1, 0.15) is 22.7 Å². The van der Waals surface area contributed by atoms with Crippen molar-refractivity contribution >= 4 is 16.8 Å². The number of aromatic amines is 1. The van der Waals surface area contributed by atoms with Gasteiger partial charge in [-0.2, -0.15) is 0 Å². The summed E-state index contributed by atoms with van der Waals surface area (Å²) < 4.78 is 18.7. The number of carbonyl (C=O) groups excluding carboxylic acids is 1. The van der Waals surface area contributed by atoms with Gasteiger partial charge >= 0.3 is 0 Å². The Hall–Kier alpha value is -3.60. The number of carbonyl (C=O) groups is 1. The van der Waals surface area contributed by atoms with Crippen LogP contribution in [-0.4, -0.2) is 29.4 Å². The van der Waals surface area contributed by atoms with E-state index < -0.39 is 0 Å². The van der Waals surface area contributed by atoms with E-state index in [9.17, 15) is 9.18 Å². The monoisotopic (exact) mass is 402 g/mol. The number of hydrogen-bond acceptors (Lipinski definition) is 2. The topological polar surface area (TPSA) is 45.3 Å². The smallest absolute Gasteiger partial charge is 0.261 e. The lowest BCUT2D eigenvalue weighted by Gasteiger charge is -2.29. The van der Waals surface area contributed by atoms with Gasteiger partial charge in [-0.3, -0.25) is 4.79 Å². The maximum absolute atomic E-state index is 13.1. The molecule has 0 saturated heterocycles. The minimum Gasteiger partial charge on any atom is -0.484 e. The number of nitrogens with zero attached hydrogens (tertiary/aromatic N) is 1. The Morgan fingerprint density at radius 3 is 2.47 bits per heavy atom. The number of likely N-dealkylation sites (N-methyl/N-ethyl adjacent to an activating group) is 1. The lowest BCUT2D eigenvalue weighted by Crippen LogP contribution is -2.35. The van der Waals surface area contributed by atoms with Gasteiger partial charge in [0.2, 0.25) is 0 Å². The quantitative estimate of drug-likeness (QED) is 0.479. The molecule has 1 unspecified atom stereocenters. The van der Waals surface area contributed by atoms with E-state index >= 15 is 0 Å². The molecular weight excluding hydrogens is 379 g/mol. The van der Waals surface area contributed by atoms with E-state index in [-0.39, 0.29) is 24.4 Å². The molecule has 0 aliphatic rings. The minimum absolute atomic E-state index is 0.132. The molecule has 0 aliphatic carbocycles. The van der Waals surface area contributed by atoms with Crippen molar-refractivity contribution < 1.29 is 13.9 Å². The van der Waals surface area contributed by atoms with Crippen LogP contribution in [0.2, 0.25) is 0 Å². The number of nitrogens with one attached hydrogen (secondary N) is 1. The average molecular weight is 402 g/mol. The number of aryl methyl sites for hydroxylation is 1. The highest BCUT2D eigenvalue weighted by molar-refractivity contribution is 5.85. The highest BCUT2D eigenvalue weighted by Gasteiger charge is 2.26. The van der Waals surface area contributed by atoms with E-state index in [4.69, 9.17) is 4.74 Å². The Balaban J connectivity index is 1.63. The van der Waals surface area contributed by atoms with Crippen molar-refractivity contribution in [2.45, 2.75) is 13.0 Å². The summed E-state index contributed by atoms with van der Waals surface area (Å²) in [5.41, 5.74) is 4.22. The number of hydrogen-bond donors (Lipinski definition) is 1. The maximum atomic E-state index is 13.1. The summed E-state index contributed by atoms with van der Waals surface area (Å²) in [5.74, 6) is -0.0584. The van der Waals surface area contributed by atoms with Gasteiger partial charge in [-0.15, -0.1) is 0 Å². The molecule has 4 nitrogen and oxygen atoms in total. The van der Waals surface area contributed by atoms with Gasteiger partial charge < -0.3 is 14.6 Å². The van der Waals surface area contributed by atoms with Crippen molar-refractivity contribution in [3.8, 4) is 5.75 Å². The van der Waals surface area contributed by atoms with Gasteiger partial charge in [-0.05, 0) is 42.8 Å². The van der Waals surface area contributed by atoms with Gasteiger partial charge in [0.1, 0.15) is 11.6 Å². The van der Waals surface area contributed by atoms with Crippen LogP contribution in [0.3, 0.4) is 0 Å². The summed E-state index contributed by atoms with van der Waals surface area (Å²) in [5, 5.41) is 1.07. The molecule has 0 fully saturated rings. The molecular formula is C25H23FN2O2. The second kappa shape index (κ2) is 8.41. The molecule has 0 saturated carbocycles. The molecule has 4 aromatic rings. The molecule has 3 aromatic carbocycles. The largest absolute Gasteiger partial charge is 0.484 e. The number of fused-ring (bicyclic) bond motifs is 1. The number of ether oxygens (including phenoxy) is 1. The average Bonchev–Trinajstić information content (AvgIpc) is 3.18. The third-order valence-electron chi connectivity index (χ3n) is 5.27. The number of rotatable bonds is 6. The summed E-state index contributed by atoms with van der Waals surface area (Å²) in [6, 6.07) is 21.6. The predicted octanol–water partition coefficient (Wildman–Crippen LogP) is 5.24. The van der Waals surface area contributed by atoms with Gasteiger partial charge in [0.05, 0.1) is 6.04 Å². The lowest BCUT2D eigenvalue weighted by atomic mass is 9.96. The SMILES string of the molecule is Cc1ccc(C(c2c[nH]c3ccccc23)N(C)C(=O)COc2ccc(F)cc2)cc1. The van der Waals surface area contributed by atoms with Gasteiger partial charge in [-0.25, -0.2) is 4.39 Å². The number of halogens is 1. The molecule has 1 atom stereocenters. The molecule has 4 rings (SSSR count). The van der Waals surface area contributed by atoms with Crippen LogP contribution in [0.4, 0.5) is 4.39 Å². The van der Waals surface area contributed by atoms with E-state index in [0.29, 0.717) is 5.75 Å². The zero-order valence-corrected chi connectivity index (χ0v) is 16.9. The Kier molecular flexibility index (Phi) is 5.53. The molecule has 5 heteroatoms. The Morgan fingerprint density at radius 2 is 1.73 bits per heavy atom. The lowest BCUT2D eigenvalue weighted by molar-refractivity contribution is -0.133. The number of aromatic nitrogens is 1. The normalized spacial score (nSPS) is 12.0. The highest BCUT2D eigenvalue weighted by atomic mass is 19.1. The van der Waals surface area contributed by atoms with E-state index in [0.717, 1.165) is 27.6 Å². The summed E-state index contributed by atoms with van der Waals surface area (Å²) in [6.45, 7) is 1.91. The molecule has 1 heterocycles. The van der Waals surface area contributed by atoms with Gasteiger partial charge in [-0.1, -0.05) is 48.0 Å². The Labute approximate surface area is 174 Å². The minimum atomic E-state index is -0.343. The summed E-state index contributed by atoms with van der Waals surface area (Å²) in [6.07, 6.45) is 1.96. The maximum Gasteiger partial charge on any atom is 0.261 e. The van der Waals surface area contributed by atoms with E-state index in [2.05, 4.69) is 11.1 Å². The van der Waals surface area contributed by atoms with Crippen LogP contribution in [0.25, 0.3) is 10.9 Å². The zero-order chi connectivity index (χ0) is 21.1. The zero-order valence-electron chi connectivity index (χ0n) is 16.9. The number of benzene rings is 3. The third-order valence-corrected chi connectivity index (χ3v) is 5.27. The van der Waals surface area contributed by atoms with Gasteiger partial charge in [0, 0.05) is 29.7 Å². The number of para-hydroxylation sites is 1. The molecule has 30 heavy (non-hydrogen) atoms. The van der Waals surface area contributed by atoms with Crippen LogP contribution in [0.15, 0.2) is 79.0 Å². The highest BCUT2D eigenvalue weighted by Crippen LogP contribution is 2.33. The van der Waals surface area contributed by atoms with Crippen molar-refractivity contribution in [2.75, 3.05) is 13.7 Å². The van der Waals surface area contributed by atoms with Gasteiger partial charge in [0.15, 0.2) is 6.61 Å². The molecule has 1 aromatic heterocycles. The molecule has 0 radical (unpaired) electrons. The molecule has 152 valence electrons. The molecule has 1 amide bonds. The van der Waals surface area contributed by atoms with Crippen molar-refractivity contribution in [2.24, 2.45) is 0 Å². The predicted molar refractivity (Wildman–Crippen MR) is 116 cm³/mol. The van der Waals surface area contributed by atoms with Crippen molar-refractivity contribution in [1.82, 2.24) is 9.88 Å². The number of H-pyrrole nitrogens is 1. The summed E-state index contributed by atoms with van der Waals surface area (Å²) >= 11 is 0. The van der Waals surface area contributed by atoms with Crippen LogP contribution in [0, 0.1) is 12.7 Å². The molecule has 1 N–H and O–H groups in total. The molecule has 0 spiro atoms. The van der Waals surface area contributed by atoms with Crippen LogP contribution < -0.4 is 4.74 Å². The second-order valence-corrected chi connectivity index (χ2v) is 7.35. The molecule has 0 aliphatic heterocycles. The fraction of sp³-hybridized carbons (Fsp3) is 0.160. The summed E-state index contributed by atoms with van der Waals surface area (Å²) in [4.78, 5) is 18.0. The fourth-order valence-electron chi connectivity index (χ4n) is 3.60. The first-order chi connectivity index (χ1) is 14.5. The summed E-state index contributed by atoms with van der Waals surface area (Å²) in [7, 11) is 1.78. The van der Waals surface area contributed by atoms with Crippen molar-refractivity contribution in [1.29, 1.82) is 0 Å². The van der Waals surface area contributed by atoms with E-state index in [1.165, 1.54) is 24.3 Å². The number of amides is 1. The van der Waals surface area contributed by atoms with Crippen molar-refractivity contribution in [3.63, 3.8) is 0 Å². The molecule has 0 bridgehead atoms. The van der Waals surface area contributed by atoms with Gasteiger partial charge in [0.25, 0.3) is 5.91 Å². The first kappa shape index (κ1) is 19.7. The Bertz CT molecular complexity index is 1150. The Morgan fingerprint density at radius 1 is 1.03 bits per heavy atom. The van der Waals surface area contributed by atoms with Crippen LogP contribution in [-0.2, 0) is 4.79 Å². The first-order valence-electron chi connectivity index (χ1n) is 9.79. The third kappa shape index (κ3) is 4.06. The second-order valence-electron chi connectivity index (χ2n) is 7.35. The van der Waals surface area contributed by atoms with E-state index in [1.54, 1.807) is 11.9 Å². The van der Waals surface area contributed by atoms with Crippen molar-refractivity contribution in [3.05, 3.63) is 102 Å². The van der Waals surface area contributed by atoms with E-state index in [1.807, 2.05) is 55.6 Å².